The first-order chi connectivity index (χ1) is 10.2. The Bertz CT molecular complexity index is 658. The lowest BCUT2D eigenvalue weighted by molar-refractivity contribution is 0.0697. The lowest BCUT2D eigenvalue weighted by atomic mass is 10.1. The number of aryl methyl sites for hydroxylation is 1. The molecule has 1 heterocycles. The van der Waals surface area contributed by atoms with Crippen molar-refractivity contribution in [3.05, 3.63) is 35.7 Å². The number of hydrogen-bond acceptors (Lipinski definition) is 5. The molecule has 0 unspecified atom stereocenters. The predicted molar refractivity (Wildman–Crippen MR) is 74.5 cm³/mol. The van der Waals surface area contributed by atoms with Gasteiger partial charge in [-0.3, -0.25) is 0 Å². The number of nitrogens with zero attached hydrogens (tertiary/aromatic N) is 3. The molecule has 0 fully saturated rings. The molecular weight excluding hydrogens is 270 g/mol. The maximum absolute atomic E-state index is 10.9. The topological polar surface area (TPSA) is 100 Å². The molecule has 0 atom stereocenters. The van der Waals surface area contributed by atoms with Gasteiger partial charge in [0, 0.05) is 18.4 Å². The van der Waals surface area contributed by atoms with Crippen LogP contribution in [0, 0.1) is 11.3 Å². The zero-order valence-electron chi connectivity index (χ0n) is 11.5. The van der Waals surface area contributed by atoms with E-state index in [9.17, 15) is 4.79 Å². The van der Waals surface area contributed by atoms with E-state index in [1.165, 1.54) is 12.1 Å². The summed E-state index contributed by atoms with van der Waals surface area (Å²) >= 11 is 0. The second kappa shape index (κ2) is 7.20. The fourth-order valence-electron chi connectivity index (χ4n) is 1.92. The van der Waals surface area contributed by atoms with Gasteiger partial charge in [0.25, 0.3) is 0 Å². The average Bonchev–Trinajstić information content (AvgIpc) is 2.96. The summed E-state index contributed by atoms with van der Waals surface area (Å²) in [5.74, 6) is -0.0640. The summed E-state index contributed by atoms with van der Waals surface area (Å²) in [4.78, 5) is 15.2. The van der Waals surface area contributed by atoms with Gasteiger partial charge in [-0.25, -0.2) is 4.79 Å². The van der Waals surface area contributed by atoms with Crippen molar-refractivity contribution in [3.8, 4) is 17.5 Å². The number of carbonyl (C=O) groups is 1. The van der Waals surface area contributed by atoms with Crippen molar-refractivity contribution in [1.82, 2.24) is 10.1 Å². The molecule has 0 bridgehead atoms. The van der Waals surface area contributed by atoms with E-state index in [0.717, 1.165) is 19.3 Å². The Kier molecular flexibility index (Phi) is 5.04. The van der Waals surface area contributed by atoms with Crippen LogP contribution in [0.5, 0.6) is 0 Å². The highest BCUT2D eigenvalue weighted by molar-refractivity contribution is 5.89. The van der Waals surface area contributed by atoms with E-state index in [1.54, 1.807) is 12.1 Å². The molecule has 0 radical (unpaired) electrons. The highest BCUT2D eigenvalue weighted by Crippen LogP contribution is 2.18. The van der Waals surface area contributed by atoms with Crippen molar-refractivity contribution >= 4 is 5.97 Å². The lowest BCUT2D eigenvalue weighted by Crippen LogP contribution is -1.96. The van der Waals surface area contributed by atoms with Crippen LogP contribution in [0.1, 0.15) is 41.9 Å². The van der Waals surface area contributed by atoms with E-state index in [-0.39, 0.29) is 5.56 Å². The van der Waals surface area contributed by atoms with Crippen molar-refractivity contribution in [2.24, 2.45) is 0 Å². The molecule has 0 spiro atoms. The molecule has 6 heteroatoms. The van der Waals surface area contributed by atoms with Crippen LogP contribution in [0.15, 0.2) is 28.8 Å². The molecule has 0 aliphatic rings. The number of rotatable bonds is 7. The highest BCUT2D eigenvalue weighted by Gasteiger charge is 2.10. The maximum Gasteiger partial charge on any atom is 0.335 e. The van der Waals surface area contributed by atoms with Gasteiger partial charge in [0.2, 0.25) is 11.7 Å². The number of carboxylic acids is 1. The Balaban J connectivity index is 1.98. The minimum absolute atomic E-state index is 0.190. The molecule has 1 aromatic carbocycles. The molecule has 6 nitrogen and oxygen atoms in total. The summed E-state index contributed by atoms with van der Waals surface area (Å²) in [6.45, 7) is 0. The fraction of sp³-hybridized carbons (Fsp3) is 0.333. The van der Waals surface area contributed by atoms with Gasteiger partial charge in [0.05, 0.1) is 11.6 Å². The highest BCUT2D eigenvalue weighted by atomic mass is 16.5. The Hall–Kier alpha value is -2.68. The summed E-state index contributed by atoms with van der Waals surface area (Å²) in [7, 11) is 0. The largest absolute Gasteiger partial charge is 0.478 e. The lowest BCUT2D eigenvalue weighted by Gasteiger charge is -1.96. The molecule has 2 rings (SSSR count). The fourth-order valence-corrected chi connectivity index (χ4v) is 1.92. The second-order valence-electron chi connectivity index (χ2n) is 4.62. The summed E-state index contributed by atoms with van der Waals surface area (Å²) in [6.07, 6.45) is 3.94. The molecule has 2 aromatic rings. The standard InChI is InChI=1S/C15H15N3O3/c16-9-4-2-1-3-8-13-17-14(18-21-13)11-6-5-7-12(10-11)15(19)20/h5-7,10H,1-4,8H2,(H,19,20). The zero-order chi connectivity index (χ0) is 15.1. The predicted octanol–water partition coefficient (Wildman–Crippen LogP) is 3.06. The number of hydrogen-bond donors (Lipinski definition) is 1. The molecule has 0 amide bonds. The molecule has 21 heavy (non-hydrogen) atoms. The minimum atomic E-state index is -0.988. The Labute approximate surface area is 122 Å². The van der Waals surface area contributed by atoms with E-state index < -0.39 is 5.97 Å². The molecular formula is C15H15N3O3. The van der Waals surface area contributed by atoms with Crippen molar-refractivity contribution in [2.75, 3.05) is 0 Å². The van der Waals surface area contributed by atoms with Gasteiger partial charge in [0.15, 0.2) is 0 Å². The van der Waals surface area contributed by atoms with Crippen LogP contribution in [0.3, 0.4) is 0 Å². The first kappa shape index (κ1) is 14.7. The number of aromatic carboxylic acids is 1. The zero-order valence-corrected chi connectivity index (χ0v) is 11.5. The van der Waals surface area contributed by atoms with Gasteiger partial charge in [-0.15, -0.1) is 0 Å². The quantitative estimate of drug-likeness (QED) is 0.785. The number of nitriles is 1. The van der Waals surface area contributed by atoms with E-state index >= 15 is 0 Å². The smallest absolute Gasteiger partial charge is 0.335 e. The van der Waals surface area contributed by atoms with Crippen LogP contribution in [0.2, 0.25) is 0 Å². The number of carboxylic acid groups (broad SMARTS) is 1. The first-order valence-electron chi connectivity index (χ1n) is 6.74. The average molecular weight is 285 g/mol. The van der Waals surface area contributed by atoms with Gasteiger partial charge in [-0.2, -0.15) is 10.2 Å². The van der Waals surface area contributed by atoms with Gasteiger partial charge in [-0.1, -0.05) is 23.7 Å². The van der Waals surface area contributed by atoms with Crippen LogP contribution in [-0.2, 0) is 6.42 Å². The third-order valence-electron chi connectivity index (χ3n) is 3.02. The van der Waals surface area contributed by atoms with Crippen LogP contribution in [0.4, 0.5) is 0 Å². The van der Waals surface area contributed by atoms with Gasteiger partial charge < -0.3 is 9.63 Å². The molecule has 1 N–H and O–H groups in total. The van der Waals surface area contributed by atoms with E-state index in [0.29, 0.717) is 30.1 Å². The van der Waals surface area contributed by atoms with Crippen molar-refractivity contribution in [3.63, 3.8) is 0 Å². The summed E-state index contributed by atoms with van der Waals surface area (Å²) < 4.78 is 5.15. The minimum Gasteiger partial charge on any atom is -0.478 e. The summed E-state index contributed by atoms with van der Waals surface area (Å²) in [5, 5.41) is 21.3. The third-order valence-corrected chi connectivity index (χ3v) is 3.02. The van der Waals surface area contributed by atoms with Gasteiger partial charge in [-0.05, 0) is 25.0 Å². The maximum atomic E-state index is 10.9. The van der Waals surface area contributed by atoms with Crippen molar-refractivity contribution in [2.45, 2.75) is 32.1 Å². The van der Waals surface area contributed by atoms with Crippen LogP contribution in [-0.4, -0.2) is 21.2 Å². The molecule has 1 aromatic heterocycles. The molecule has 0 aliphatic carbocycles. The molecule has 108 valence electrons. The van der Waals surface area contributed by atoms with E-state index in [4.69, 9.17) is 14.9 Å². The van der Waals surface area contributed by atoms with Crippen LogP contribution in [0.25, 0.3) is 11.4 Å². The summed E-state index contributed by atoms with van der Waals surface area (Å²) in [5.41, 5.74) is 0.810. The van der Waals surface area contributed by atoms with Gasteiger partial charge in [0.1, 0.15) is 0 Å². The normalized spacial score (nSPS) is 10.2. The van der Waals surface area contributed by atoms with Crippen LogP contribution < -0.4 is 0 Å². The Morgan fingerprint density at radius 3 is 2.95 bits per heavy atom. The van der Waals surface area contributed by atoms with Gasteiger partial charge >= 0.3 is 5.97 Å². The molecule has 0 saturated carbocycles. The number of benzene rings is 1. The summed E-state index contributed by atoms with van der Waals surface area (Å²) in [6, 6.07) is 8.53. The third kappa shape index (κ3) is 4.14. The Morgan fingerprint density at radius 2 is 2.19 bits per heavy atom. The van der Waals surface area contributed by atoms with Crippen LogP contribution >= 0.6 is 0 Å². The number of unbranched alkanes of at least 4 members (excludes halogenated alkanes) is 3. The van der Waals surface area contributed by atoms with E-state index in [2.05, 4.69) is 16.2 Å². The molecule has 0 aliphatic heterocycles. The second-order valence-corrected chi connectivity index (χ2v) is 4.62. The van der Waals surface area contributed by atoms with Crippen molar-refractivity contribution < 1.29 is 14.4 Å². The van der Waals surface area contributed by atoms with Crippen molar-refractivity contribution in [1.29, 1.82) is 5.26 Å². The van der Waals surface area contributed by atoms with E-state index in [1.807, 2.05) is 0 Å². The monoisotopic (exact) mass is 285 g/mol. The first-order valence-corrected chi connectivity index (χ1v) is 6.74. The SMILES string of the molecule is N#CCCCCCc1nc(-c2cccc(C(=O)O)c2)no1. The Morgan fingerprint density at radius 1 is 1.33 bits per heavy atom. The molecule has 0 saturated heterocycles. The number of aromatic nitrogens is 2.